The Kier molecular flexibility index (Phi) is 8.45. The molecule has 0 spiro atoms. The maximum absolute atomic E-state index is 12.0. The number of carboxylic acid groups (broad SMARTS) is 1. The zero-order valence-electron chi connectivity index (χ0n) is 12.3. The predicted molar refractivity (Wildman–Crippen MR) is 77.3 cm³/mol. The predicted octanol–water partition coefficient (Wildman–Crippen LogP) is -1.15. The molecular formula is C11H22N6O5. The normalized spacial score (nSPS) is 13.0. The number of hydrogen-bond acceptors (Lipinski definition) is 6. The van der Waals surface area contributed by atoms with Crippen molar-refractivity contribution in [3.8, 4) is 0 Å². The smallest absolute Gasteiger partial charge is 0.332 e. The van der Waals surface area contributed by atoms with Gasteiger partial charge < -0.3 is 21.9 Å². The van der Waals surface area contributed by atoms with Crippen molar-refractivity contribution >= 4 is 17.8 Å². The van der Waals surface area contributed by atoms with Gasteiger partial charge in [0.05, 0.1) is 6.04 Å². The lowest BCUT2D eigenvalue weighted by molar-refractivity contribution is -0.640. The highest BCUT2D eigenvalue weighted by Gasteiger charge is 2.40. The van der Waals surface area contributed by atoms with Crippen molar-refractivity contribution in [2.75, 3.05) is 6.54 Å². The lowest BCUT2D eigenvalue weighted by atomic mass is 10.1. The third kappa shape index (κ3) is 6.35. The van der Waals surface area contributed by atoms with Crippen molar-refractivity contribution in [1.82, 2.24) is 10.3 Å². The lowest BCUT2D eigenvalue weighted by Gasteiger charge is -2.22. The summed E-state index contributed by atoms with van der Waals surface area (Å²) in [7, 11) is 0. The summed E-state index contributed by atoms with van der Waals surface area (Å²) in [4.78, 5) is 34.2. The summed E-state index contributed by atoms with van der Waals surface area (Å²) in [6, 6.07) is -2.74. The number of carbonyl (C=O) groups excluding carboxylic acids is 1. The zero-order chi connectivity index (χ0) is 17.3. The van der Waals surface area contributed by atoms with Gasteiger partial charge in [0.1, 0.15) is 0 Å². The minimum atomic E-state index is -1.55. The van der Waals surface area contributed by atoms with E-state index in [0.29, 0.717) is 12.8 Å². The second-order valence-electron chi connectivity index (χ2n) is 4.65. The molecule has 0 aromatic heterocycles. The molecule has 11 nitrogen and oxygen atoms in total. The highest BCUT2D eigenvalue weighted by atomic mass is 16.7. The Morgan fingerprint density at radius 2 is 2.05 bits per heavy atom. The van der Waals surface area contributed by atoms with E-state index in [9.17, 15) is 19.7 Å². The van der Waals surface area contributed by atoms with E-state index in [-0.39, 0.29) is 30.4 Å². The van der Waals surface area contributed by atoms with Gasteiger partial charge in [0.25, 0.3) is 0 Å². The number of carboxylic acids is 1. The summed E-state index contributed by atoms with van der Waals surface area (Å²) >= 11 is 0. The number of nitrogens with one attached hydrogen (secondary N) is 2. The first-order valence-electron chi connectivity index (χ1n) is 6.76. The molecule has 0 saturated heterocycles. The van der Waals surface area contributed by atoms with Crippen LogP contribution in [0.5, 0.6) is 0 Å². The number of rotatable bonds is 10. The second kappa shape index (κ2) is 9.50. The molecule has 7 N–H and O–H groups in total. The molecule has 0 fully saturated rings. The monoisotopic (exact) mass is 318 g/mol. The summed E-state index contributed by atoms with van der Waals surface area (Å²) < 4.78 is 0. The maximum Gasteiger partial charge on any atom is 0.332 e. The van der Waals surface area contributed by atoms with Crippen molar-refractivity contribution < 1.29 is 19.7 Å². The molecule has 0 aliphatic rings. The molecule has 0 aliphatic carbocycles. The number of aliphatic carboxylic acids is 1. The van der Waals surface area contributed by atoms with Gasteiger partial charge in [-0.05, 0) is 24.3 Å². The van der Waals surface area contributed by atoms with E-state index in [1.165, 1.54) is 0 Å². The quantitative estimate of drug-likeness (QED) is 0.110. The van der Waals surface area contributed by atoms with Crippen molar-refractivity contribution in [3.05, 3.63) is 10.1 Å². The molecule has 2 atom stereocenters. The number of hydrazine groups is 1. The lowest BCUT2D eigenvalue weighted by Crippen LogP contribution is -2.54. The van der Waals surface area contributed by atoms with Crippen LogP contribution in [0.15, 0.2) is 0 Å². The average molecular weight is 318 g/mol. The second-order valence-corrected chi connectivity index (χ2v) is 4.65. The Hall–Kier alpha value is -2.43. The van der Waals surface area contributed by atoms with Crippen molar-refractivity contribution in [2.45, 2.75) is 44.7 Å². The number of guanidine groups is 1. The van der Waals surface area contributed by atoms with Crippen molar-refractivity contribution in [2.24, 2.45) is 11.5 Å². The number of nitro groups is 1. The van der Waals surface area contributed by atoms with Gasteiger partial charge in [-0.3, -0.25) is 10.2 Å². The summed E-state index contributed by atoms with van der Waals surface area (Å²) in [5, 5.41) is 28.6. The number of nitrogens with zero attached hydrogens (tertiary/aromatic N) is 2. The molecule has 0 radical (unpaired) electrons. The first-order chi connectivity index (χ1) is 10.2. The number of nitrogens with two attached hydrogens (primary N) is 2. The van der Waals surface area contributed by atoms with E-state index in [2.05, 4.69) is 5.32 Å². The van der Waals surface area contributed by atoms with Gasteiger partial charge in [-0.25, -0.2) is 14.9 Å². The van der Waals surface area contributed by atoms with Crippen molar-refractivity contribution in [3.63, 3.8) is 0 Å². The van der Waals surface area contributed by atoms with Crippen LogP contribution in [0, 0.1) is 15.5 Å². The number of amides is 1. The van der Waals surface area contributed by atoms with Gasteiger partial charge in [-0.2, -0.15) is 0 Å². The van der Waals surface area contributed by atoms with E-state index >= 15 is 0 Å². The fraction of sp³-hybridized carbons (Fsp3) is 0.727. The molecule has 126 valence electrons. The molecule has 0 aromatic rings. The highest BCUT2D eigenvalue weighted by molar-refractivity contribution is 5.85. The van der Waals surface area contributed by atoms with Crippen LogP contribution in [0.4, 0.5) is 0 Å². The highest BCUT2D eigenvalue weighted by Crippen LogP contribution is 2.11. The number of hydrogen-bond donors (Lipinski definition) is 5. The SMILES string of the molecule is CCC[C@@H](C(=O)O)N(C(=O)[C@@H](N)CCCNC(=N)N)[N+](=O)[O-]. The third-order valence-corrected chi connectivity index (χ3v) is 2.87. The summed E-state index contributed by atoms with van der Waals surface area (Å²) in [6.07, 6.45) is 0.776. The van der Waals surface area contributed by atoms with Crippen LogP contribution in [0.25, 0.3) is 0 Å². The molecule has 0 saturated carbocycles. The van der Waals surface area contributed by atoms with Crippen LogP contribution in [-0.2, 0) is 9.59 Å². The van der Waals surface area contributed by atoms with Gasteiger partial charge in [0, 0.05) is 6.54 Å². The Bertz CT molecular complexity index is 429. The van der Waals surface area contributed by atoms with Crippen LogP contribution in [-0.4, -0.2) is 51.6 Å². The van der Waals surface area contributed by atoms with Gasteiger partial charge in [0.2, 0.25) is 0 Å². The van der Waals surface area contributed by atoms with E-state index in [4.69, 9.17) is 22.0 Å². The van der Waals surface area contributed by atoms with Crippen LogP contribution < -0.4 is 16.8 Å². The fourth-order valence-corrected chi connectivity index (χ4v) is 1.81. The van der Waals surface area contributed by atoms with E-state index in [1.54, 1.807) is 6.92 Å². The molecular weight excluding hydrogens is 296 g/mol. The van der Waals surface area contributed by atoms with Crippen LogP contribution >= 0.6 is 0 Å². The van der Waals surface area contributed by atoms with Gasteiger partial charge >= 0.3 is 11.9 Å². The molecule has 0 unspecified atom stereocenters. The topological polar surface area (TPSA) is 189 Å². The average Bonchev–Trinajstić information content (AvgIpc) is 2.41. The fourth-order valence-electron chi connectivity index (χ4n) is 1.81. The molecule has 0 heterocycles. The summed E-state index contributed by atoms with van der Waals surface area (Å²) in [6.45, 7) is 1.94. The Morgan fingerprint density at radius 3 is 2.45 bits per heavy atom. The van der Waals surface area contributed by atoms with Crippen LogP contribution in [0.1, 0.15) is 32.6 Å². The van der Waals surface area contributed by atoms with Gasteiger partial charge in [-0.1, -0.05) is 13.3 Å². The molecule has 0 rings (SSSR count). The van der Waals surface area contributed by atoms with Gasteiger partial charge in [-0.15, -0.1) is 0 Å². The Labute approximate surface area is 127 Å². The molecule has 0 bridgehead atoms. The van der Waals surface area contributed by atoms with E-state index < -0.39 is 29.0 Å². The Balaban J connectivity index is 4.79. The van der Waals surface area contributed by atoms with Gasteiger partial charge in [0.15, 0.2) is 17.0 Å². The zero-order valence-corrected chi connectivity index (χ0v) is 12.3. The summed E-state index contributed by atoms with van der Waals surface area (Å²) in [5.74, 6) is -2.73. The molecule has 11 heteroatoms. The van der Waals surface area contributed by atoms with E-state index in [0.717, 1.165) is 0 Å². The molecule has 1 amide bonds. The first-order valence-corrected chi connectivity index (χ1v) is 6.76. The van der Waals surface area contributed by atoms with Crippen LogP contribution in [0.2, 0.25) is 0 Å². The van der Waals surface area contributed by atoms with Crippen LogP contribution in [0.3, 0.4) is 0 Å². The van der Waals surface area contributed by atoms with Crippen molar-refractivity contribution in [1.29, 1.82) is 5.41 Å². The minimum absolute atomic E-state index is 0.0410. The molecule has 0 aromatic carbocycles. The third-order valence-electron chi connectivity index (χ3n) is 2.87. The standard InChI is InChI=1S/C11H22N6O5/c1-2-4-8(10(19)20)16(17(21)22)9(18)7(12)5-3-6-15-11(13)14/h7-8H,2-6,12H2,1H3,(H,19,20)(H4,13,14,15)/t7-,8-/m0/s1. The molecule has 22 heavy (non-hydrogen) atoms. The molecule has 0 aliphatic heterocycles. The Morgan fingerprint density at radius 1 is 1.45 bits per heavy atom. The minimum Gasteiger partial charge on any atom is -0.480 e. The largest absolute Gasteiger partial charge is 0.480 e. The maximum atomic E-state index is 12.0. The first kappa shape index (κ1) is 19.6. The number of carbonyl (C=O) groups is 2. The summed E-state index contributed by atoms with van der Waals surface area (Å²) in [5.41, 5.74) is 10.7. The van der Waals surface area contributed by atoms with E-state index in [1.807, 2.05) is 0 Å².